The van der Waals surface area contributed by atoms with Crippen molar-refractivity contribution >= 4 is 17.6 Å². The Morgan fingerprint density at radius 3 is 2.17 bits per heavy atom. The van der Waals surface area contributed by atoms with Crippen LogP contribution >= 0.6 is 0 Å². The van der Waals surface area contributed by atoms with Crippen LogP contribution in [-0.4, -0.2) is 38.0 Å². The summed E-state index contributed by atoms with van der Waals surface area (Å²) in [5.74, 6) is -1.66. The summed E-state index contributed by atoms with van der Waals surface area (Å²) >= 11 is 0. The second kappa shape index (κ2) is 14.8. The van der Waals surface area contributed by atoms with Gasteiger partial charge in [0.2, 0.25) is 0 Å². The Morgan fingerprint density at radius 2 is 1.52 bits per heavy atom. The van der Waals surface area contributed by atoms with Crippen LogP contribution in [0.4, 0.5) is 18.9 Å². The first-order valence-corrected chi connectivity index (χ1v) is 14.3. The maximum atomic E-state index is 13.3. The van der Waals surface area contributed by atoms with Crippen LogP contribution in [0.1, 0.15) is 56.9 Å². The van der Waals surface area contributed by atoms with Crippen LogP contribution in [0.2, 0.25) is 0 Å². The largest absolute Gasteiger partial charge is 0.573 e. The molecule has 1 saturated carbocycles. The fourth-order valence-corrected chi connectivity index (χ4v) is 5.17. The Balaban J connectivity index is 1.65. The zero-order valence-electron chi connectivity index (χ0n) is 23.7. The molecule has 6 nitrogen and oxygen atoms in total. The van der Waals surface area contributed by atoms with Gasteiger partial charge in [0.1, 0.15) is 11.5 Å². The summed E-state index contributed by atoms with van der Waals surface area (Å²) in [7, 11) is 1.16. The lowest BCUT2D eigenvalue weighted by Gasteiger charge is -2.27. The lowest BCUT2D eigenvalue weighted by molar-refractivity contribution is -0.274. The molecule has 0 atom stereocenters. The minimum atomic E-state index is -4.79. The molecule has 1 aliphatic carbocycles. The van der Waals surface area contributed by atoms with Gasteiger partial charge < -0.3 is 14.2 Å². The van der Waals surface area contributed by atoms with Crippen molar-refractivity contribution in [2.24, 2.45) is 0 Å². The smallest absolute Gasteiger partial charge is 0.488 e. The molecule has 0 aliphatic heterocycles. The molecule has 0 radical (unpaired) electrons. The maximum absolute atomic E-state index is 13.3. The monoisotopic (exact) mass is 583 g/mol. The predicted molar refractivity (Wildman–Crippen MR) is 154 cm³/mol. The minimum absolute atomic E-state index is 0.0240. The van der Waals surface area contributed by atoms with E-state index in [4.69, 9.17) is 9.47 Å². The second-order valence-electron chi connectivity index (χ2n) is 10.4. The van der Waals surface area contributed by atoms with E-state index in [1.54, 1.807) is 18.2 Å². The Labute approximate surface area is 244 Å². The summed E-state index contributed by atoms with van der Waals surface area (Å²) < 4.78 is 53.2. The Kier molecular flexibility index (Phi) is 10.9. The molecule has 0 spiro atoms. The van der Waals surface area contributed by atoms with Crippen molar-refractivity contribution < 1.29 is 37.0 Å². The average molecular weight is 584 g/mol. The average Bonchev–Trinajstić information content (AvgIpc) is 3.26. The predicted octanol–water partition coefficient (Wildman–Crippen LogP) is 7.88. The van der Waals surface area contributed by atoms with Gasteiger partial charge in [-0.3, -0.25) is 9.69 Å². The van der Waals surface area contributed by atoms with Crippen LogP contribution in [-0.2, 0) is 20.7 Å². The van der Waals surface area contributed by atoms with Gasteiger partial charge in [-0.1, -0.05) is 61.4 Å². The molecule has 3 aromatic carbocycles. The highest BCUT2D eigenvalue weighted by atomic mass is 19.4. The number of ether oxygens (including phenoxy) is 3. The van der Waals surface area contributed by atoms with E-state index in [1.807, 2.05) is 30.3 Å². The molecule has 4 rings (SSSR count). The summed E-state index contributed by atoms with van der Waals surface area (Å²) in [5.41, 5.74) is 2.85. The lowest BCUT2D eigenvalue weighted by atomic mass is 10.0. The van der Waals surface area contributed by atoms with Gasteiger partial charge in [-0.05, 0) is 85.9 Å². The number of aryl methyl sites for hydroxylation is 1. The van der Waals surface area contributed by atoms with E-state index in [0.717, 1.165) is 58.5 Å². The van der Waals surface area contributed by atoms with E-state index in [9.17, 15) is 22.8 Å². The first-order valence-electron chi connectivity index (χ1n) is 14.3. The Bertz CT molecular complexity index is 1300. The fraction of sp³-hybridized carbons (Fsp3) is 0.394. The molecular weight excluding hydrogens is 547 g/mol. The number of nitrogens with zero attached hydrogens (tertiary/aromatic N) is 1. The second-order valence-corrected chi connectivity index (χ2v) is 10.4. The van der Waals surface area contributed by atoms with Gasteiger partial charge in [-0.2, -0.15) is 0 Å². The summed E-state index contributed by atoms with van der Waals surface area (Å²) in [5, 5.41) is 0. The third-order valence-corrected chi connectivity index (χ3v) is 7.31. The quantitative estimate of drug-likeness (QED) is 0.105. The Hall–Kier alpha value is -4.01. The van der Waals surface area contributed by atoms with Crippen LogP contribution in [0, 0.1) is 0 Å². The molecule has 224 valence electrons. The molecule has 42 heavy (non-hydrogen) atoms. The van der Waals surface area contributed by atoms with Crippen molar-refractivity contribution in [3.63, 3.8) is 0 Å². The maximum Gasteiger partial charge on any atom is 0.573 e. The van der Waals surface area contributed by atoms with Crippen LogP contribution in [0.25, 0.3) is 11.1 Å². The molecular formula is C33H36F3NO5. The van der Waals surface area contributed by atoms with Crippen LogP contribution < -0.4 is 14.4 Å². The number of carbonyl (C=O) groups is 2. The highest BCUT2D eigenvalue weighted by molar-refractivity contribution is 6.38. The van der Waals surface area contributed by atoms with Gasteiger partial charge in [0.25, 0.3) is 0 Å². The van der Waals surface area contributed by atoms with Crippen molar-refractivity contribution in [2.75, 3.05) is 18.6 Å². The minimum Gasteiger partial charge on any atom is -0.488 e. The summed E-state index contributed by atoms with van der Waals surface area (Å²) in [6.45, 7) is 0.254. The summed E-state index contributed by atoms with van der Waals surface area (Å²) in [6, 6.07) is 20.8. The number of alkyl halides is 3. The molecule has 0 unspecified atom stereocenters. The topological polar surface area (TPSA) is 65.1 Å². The first kappa shape index (κ1) is 30.9. The van der Waals surface area contributed by atoms with Crippen molar-refractivity contribution in [2.45, 2.75) is 70.3 Å². The number of benzene rings is 3. The number of methoxy groups -OCH3 is 1. The standard InChI is InChI=1S/C33H36F3NO5/c1-40-32(39)31(38)37(22-10-9-13-24-11-5-4-6-12-24)29-23-26(25-16-19-28(20-17-25)42-33(34,35)36)18-21-30(29)41-27-14-7-2-3-8-15-27/h4-6,11-12,16-21,23,27H,2-3,7-10,13-15,22H2,1H3. The van der Waals surface area contributed by atoms with Crippen molar-refractivity contribution in [3.05, 3.63) is 78.4 Å². The number of amides is 1. The van der Waals surface area contributed by atoms with E-state index < -0.39 is 18.2 Å². The van der Waals surface area contributed by atoms with Crippen molar-refractivity contribution in [1.82, 2.24) is 0 Å². The molecule has 1 amide bonds. The molecule has 0 saturated heterocycles. The molecule has 0 heterocycles. The van der Waals surface area contributed by atoms with Gasteiger partial charge >= 0.3 is 18.2 Å². The number of rotatable bonds is 10. The van der Waals surface area contributed by atoms with E-state index in [-0.39, 0.29) is 18.4 Å². The van der Waals surface area contributed by atoms with Gasteiger partial charge in [0.15, 0.2) is 0 Å². The van der Waals surface area contributed by atoms with Crippen LogP contribution in [0.15, 0.2) is 72.8 Å². The fourth-order valence-electron chi connectivity index (χ4n) is 5.17. The Morgan fingerprint density at radius 1 is 0.857 bits per heavy atom. The molecule has 9 heteroatoms. The molecule has 0 N–H and O–H groups in total. The molecule has 1 fully saturated rings. The SMILES string of the molecule is COC(=O)C(=O)N(CCCCc1ccccc1)c1cc(-c2ccc(OC(F)(F)F)cc2)ccc1OC1CCCCCC1. The first-order chi connectivity index (χ1) is 20.2. The summed E-state index contributed by atoms with van der Waals surface area (Å²) in [4.78, 5) is 27.2. The zero-order chi connectivity index (χ0) is 30.0. The van der Waals surface area contributed by atoms with Gasteiger partial charge in [-0.25, -0.2) is 4.79 Å². The highest BCUT2D eigenvalue weighted by Gasteiger charge is 2.31. The number of halogens is 3. The highest BCUT2D eigenvalue weighted by Crippen LogP contribution is 2.37. The summed E-state index contributed by atoms with van der Waals surface area (Å²) in [6.07, 6.45) is 3.59. The van der Waals surface area contributed by atoms with Crippen molar-refractivity contribution in [3.8, 4) is 22.6 Å². The van der Waals surface area contributed by atoms with Gasteiger partial charge in [0.05, 0.1) is 18.9 Å². The lowest BCUT2D eigenvalue weighted by Crippen LogP contribution is -2.38. The van der Waals surface area contributed by atoms with E-state index in [0.29, 0.717) is 29.0 Å². The molecule has 3 aromatic rings. The van der Waals surface area contributed by atoms with Crippen molar-refractivity contribution in [1.29, 1.82) is 0 Å². The molecule has 1 aliphatic rings. The normalized spacial score (nSPS) is 14.1. The number of carbonyl (C=O) groups excluding carboxylic acids is 2. The van der Waals surface area contributed by atoms with Crippen LogP contribution in [0.5, 0.6) is 11.5 Å². The third kappa shape index (κ3) is 8.99. The van der Waals surface area contributed by atoms with Gasteiger partial charge in [0, 0.05) is 6.54 Å². The number of esters is 1. The van der Waals surface area contributed by atoms with Crippen LogP contribution in [0.3, 0.4) is 0 Å². The number of hydrogen-bond donors (Lipinski definition) is 0. The van der Waals surface area contributed by atoms with E-state index >= 15 is 0 Å². The number of unbranched alkanes of at least 4 members (excludes halogenated alkanes) is 1. The van der Waals surface area contributed by atoms with E-state index in [1.165, 1.54) is 34.7 Å². The zero-order valence-corrected chi connectivity index (χ0v) is 23.7. The van der Waals surface area contributed by atoms with E-state index in [2.05, 4.69) is 4.74 Å². The third-order valence-electron chi connectivity index (χ3n) is 7.31. The number of hydrogen-bond acceptors (Lipinski definition) is 5. The molecule has 0 aromatic heterocycles. The number of anilines is 1. The van der Waals surface area contributed by atoms with Gasteiger partial charge in [-0.15, -0.1) is 13.2 Å². The molecule has 0 bridgehead atoms.